The molecule has 9 heteroatoms. The van der Waals surface area contributed by atoms with Gasteiger partial charge in [-0.3, -0.25) is 4.79 Å². The van der Waals surface area contributed by atoms with Gasteiger partial charge >= 0.3 is 21.8 Å². The maximum absolute atomic E-state index is 12.0. The minimum atomic E-state index is -6.05. The van der Waals surface area contributed by atoms with Crippen LogP contribution < -0.4 is 0 Å². The summed E-state index contributed by atoms with van der Waals surface area (Å²) in [5.41, 5.74) is 0. The van der Waals surface area contributed by atoms with E-state index in [1.807, 2.05) is 0 Å². The zero-order chi connectivity index (χ0) is 11.1. The monoisotopic (exact) mass is 324 g/mol. The van der Waals surface area contributed by atoms with Crippen LogP contribution in [0.25, 0.3) is 0 Å². The van der Waals surface area contributed by atoms with Gasteiger partial charge in [0.15, 0.2) is 0 Å². The van der Waals surface area contributed by atoms with Gasteiger partial charge < -0.3 is 0 Å². The maximum Gasteiger partial charge on any atom is 0.404 e. The molecule has 0 aromatic rings. The largest absolute Gasteiger partial charge is 0.404 e. The van der Waals surface area contributed by atoms with Crippen molar-refractivity contribution in [2.75, 3.05) is 0 Å². The van der Waals surface area contributed by atoms with E-state index < -0.39 is 21.8 Å². The Morgan fingerprint density at radius 2 is 1.31 bits per heavy atom. The van der Waals surface area contributed by atoms with Crippen LogP contribution in [0.5, 0.6) is 0 Å². The summed E-state index contributed by atoms with van der Waals surface area (Å²) in [5.74, 6) is -12.1. The van der Waals surface area contributed by atoms with E-state index >= 15 is 0 Å². The van der Waals surface area contributed by atoms with Gasteiger partial charge in [-0.1, -0.05) is 0 Å². The second-order valence-corrected chi connectivity index (χ2v) is 3.28. The molecule has 0 aliphatic heterocycles. The van der Waals surface area contributed by atoms with E-state index in [0.717, 1.165) is 0 Å². The summed E-state index contributed by atoms with van der Waals surface area (Å²) < 4.78 is 77.4. The Kier molecular flexibility index (Phi) is 3.22. The highest BCUT2D eigenvalue weighted by Gasteiger charge is 2.74. The zero-order valence-electron chi connectivity index (χ0n) is 5.43. The maximum atomic E-state index is 12.0. The van der Waals surface area contributed by atoms with Gasteiger partial charge in [0.05, 0.1) is 0 Å². The van der Waals surface area contributed by atoms with E-state index in [4.69, 9.17) is 0 Å². The molecule has 1 nitrogen and oxygen atoms in total. The number of halogens is 8. The molecule has 0 fully saturated rings. The molecule has 78 valence electrons. The highest BCUT2D eigenvalue weighted by atomic mass is 127. The van der Waals surface area contributed by atoms with E-state index in [0.29, 0.717) is 0 Å². The standard InChI is InChI=1S/C4F7IO/c5-1(13)2(6,7)3(8,9)4(10,11)12. The quantitative estimate of drug-likeness (QED) is 0.338. The summed E-state index contributed by atoms with van der Waals surface area (Å²) in [4.78, 5) is 9.33. The molecule has 0 heterocycles. The first-order valence-corrected chi connectivity index (χ1v) is 3.54. The van der Waals surface area contributed by atoms with Crippen LogP contribution in [0.3, 0.4) is 0 Å². The highest BCUT2D eigenvalue weighted by molar-refractivity contribution is 14.1. The lowest BCUT2D eigenvalue weighted by molar-refractivity contribution is -0.264. The van der Waals surface area contributed by atoms with Crippen molar-refractivity contribution in [2.24, 2.45) is 0 Å². The first-order chi connectivity index (χ1) is 5.44. The molecule has 0 saturated heterocycles. The molecular formula is C4F7IO. The number of carbonyl (C=O) groups excluding carboxylic acids is 1. The normalized spacial score (nSPS) is 14.5. The van der Waals surface area contributed by atoms with Crippen molar-refractivity contribution in [3.8, 4) is 0 Å². The second-order valence-electron chi connectivity index (χ2n) is 1.92. The molecule has 0 radical (unpaired) electrons. The molecule has 0 bridgehead atoms. The van der Waals surface area contributed by atoms with Crippen molar-refractivity contribution in [2.45, 2.75) is 15.8 Å². The van der Waals surface area contributed by atoms with Crippen LogP contribution in [0.1, 0.15) is 0 Å². The number of carbonyl (C=O) groups is 1. The minimum Gasteiger partial charge on any atom is -0.254 e. The Hall–Kier alpha value is -0.0900. The van der Waals surface area contributed by atoms with Crippen LogP contribution in [0.2, 0.25) is 0 Å². The zero-order valence-corrected chi connectivity index (χ0v) is 7.59. The van der Waals surface area contributed by atoms with Gasteiger partial charge in [-0.05, 0) is 0 Å². The van der Waals surface area contributed by atoms with Crippen LogP contribution in [0.4, 0.5) is 30.7 Å². The van der Waals surface area contributed by atoms with Gasteiger partial charge in [-0.15, -0.1) is 0 Å². The summed E-state index contributed by atoms with van der Waals surface area (Å²) in [5, 5.41) is 0. The Bertz CT molecular complexity index is 219. The van der Waals surface area contributed by atoms with E-state index in [1.165, 1.54) is 0 Å². The van der Waals surface area contributed by atoms with E-state index in [9.17, 15) is 35.5 Å². The third-order valence-electron chi connectivity index (χ3n) is 0.997. The van der Waals surface area contributed by atoms with Crippen molar-refractivity contribution in [3.05, 3.63) is 0 Å². The van der Waals surface area contributed by atoms with Crippen LogP contribution >= 0.6 is 22.6 Å². The van der Waals surface area contributed by atoms with Gasteiger partial charge in [-0.25, -0.2) is 0 Å². The van der Waals surface area contributed by atoms with E-state index in [2.05, 4.69) is 0 Å². The number of hydrogen-bond acceptors (Lipinski definition) is 1. The van der Waals surface area contributed by atoms with Gasteiger partial charge in [0, 0.05) is 22.6 Å². The fourth-order valence-electron chi connectivity index (χ4n) is 0.301. The molecule has 0 aromatic heterocycles. The second kappa shape index (κ2) is 3.24. The SMILES string of the molecule is O=C(F)C(F)(F)C(F)(F)C(F)(F)I. The van der Waals surface area contributed by atoms with Crippen molar-refractivity contribution < 1.29 is 35.5 Å². The third-order valence-corrected chi connectivity index (χ3v) is 1.67. The molecule has 0 unspecified atom stereocenters. The fourth-order valence-corrected chi connectivity index (χ4v) is 0.640. The van der Waals surface area contributed by atoms with Gasteiger partial charge in [0.1, 0.15) is 0 Å². The first kappa shape index (κ1) is 12.9. The number of rotatable bonds is 3. The van der Waals surface area contributed by atoms with Crippen LogP contribution in [-0.4, -0.2) is 21.8 Å². The Morgan fingerprint density at radius 3 is 1.38 bits per heavy atom. The predicted octanol–water partition coefficient (Wildman–Crippen LogP) is 2.78. The molecule has 0 rings (SSSR count). The molecule has 0 aromatic carbocycles. The van der Waals surface area contributed by atoms with Gasteiger partial charge in [-0.2, -0.15) is 30.7 Å². The van der Waals surface area contributed by atoms with Crippen molar-refractivity contribution in [1.29, 1.82) is 0 Å². The molecule has 0 spiro atoms. The van der Waals surface area contributed by atoms with Crippen LogP contribution in [0, 0.1) is 0 Å². The molecule has 0 N–H and O–H groups in total. The third kappa shape index (κ3) is 2.05. The van der Waals surface area contributed by atoms with Gasteiger partial charge in [0.25, 0.3) is 0 Å². The first-order valence-electron chi connectivity index (χ1n) is 2.47. The van der Waals surface area contributed by atoms with Crippen molar-refractivity contribution >= 4 is 28.6 Å². The predicted molar refractivity (Wildman–Crippen MR) is 35.0 cm³/mol. The lowest BCUT2D eigenvalue weighted by atomic mass is 10.2. The van der Waals surface area contributed by atoms with E-state index in [-0.39, 0.29) is 22.6 Å². The van der Waals surface area contributed by atoms with Crippen LogP contribution in [0.15, 0.2) is 0 Å². The molecule has 0 amide bonds. The number of hydrogen-bond donors (Lipinski definition) is 0. The van der Waals surface area contributed by atoms with Crippen molar-refractivity contribution in [1.82, 2.24) is 0 Å². The average Bonchev–Trinajstić information content (AvgIpc) is 1.84. The average molecular weight is 324 g/mol. The summed E-state index contributed by atoms with van der Waals surface area (Å²) in [6, 6.07) is -3.80. The molecule has 0 atom stereocenters. The molecule has 0 saturated carbocycles. The Balaban J connectivity index is 5.16. The molecule has 0 aliphatic carbocycles. The Morgan fingerprint density at radius 1 is 1.00 bits per heavy atom. The van der Waals surface area contributed by atoms with Crippen molar-refractivity contribution in [3.63, 3.8) is 0 Å². The topological polar surface area (TPSA) is 17.1 Å². The molecular weight excluding hydrogens is 324 g/mol. The summed E-state index contributed by atoms with van der Waals surface area (Å²) in [6.07, 6.45) is 0. The molecule has 0 aliphatic rings. The fraction of sp³-hybridized carbons (Fsp3) is 0.750. The minimum absolute atomic E-state index is 0.304. The summed E-state index contributed by atoms with van der Waals surface area (Å²) >= 11 is -0.304. The smallest absolute Gasteiger partial charge is 0.254 e. The summed E-state index contributed by atoms with van der Waals surface area (Å²) in [7, 11) is 0. The lowest BCUT2D eigenvalue weighted by Gasteiger charge is -2.26. The lowest BCUT2D eigenvalue weighted by Crippen LogP contribution is -2.54. The molecule has 13 heavy (non-hydrogen) atoms. The Labute approximate surface area is 80.4 Å². The van der Waals surface area contributed by atoms with E-state index in [1.54, 1.807) is 0 Å². The summed E-state index contributed by atoms with van der Waals surface area (Å²) in [6.45, 7) is 0. The highest BCUT2D eigenvalue weighted by Crippen LogP contribution is 2.49. The van der Waals surface area contributed by atoms with Gasteiger partial charge in [0.2, 0.25) is 0 Å². The van der Waals surface area contributed by atoms with Crippen LogP contribution in [-0.2, 0) is 4.79 Å². The number of alkyl halides is 7.